The number of ether oxygens (including phenoxy) is 1. The third-order valence-corrected chi connectivity index (χ3v) is 7.01. The molecule has 1 amide bonds. The number of aromatic amines is 1. The molecular weight excluding hydrogens is 410 g/mol. The second-order valence-electron chi connectivity index (χ2n) is 9.88. The molecule has 0 bridgehead atoms. The Hall–Kier alpha value is -3.08. The summed E-state index contributed by atoms with van der Waals surface area (Å²) in [6.07, 6.45) is 5.53. The molecule has 0 radical (unpaired) electrons. The minimum Gasteiger partial charge on any atom is -0.494 e. The van der Waals surface area contributed by atoms with Crippen molar-refractivity contribution in [2.24, 2.45) is 5.92 Å². The van der Waals surface area contributed by atoms with E-state index >= 15 is 0 Å². The summed E-state index contributed by atoms with van der Waals surface area (Å²) < 4.78 is 5.94. The van der Waals surface area contributed by atoms with Gasteiger partial charge in [0.05, 0.1) is 18.3 Å². The first-order chi connectivity index (χ1) is 16.0. The normalized spacial score (nSPS) is 18.4. The van der Waals surface area contributed by atoms with Crippen LogP contribution in [-0.4, -0.2) is 33.7 Å². The van der Waals surface area contributed by atoms with Crippen molar-refractivity contribution < 1.29 is 9.53 Å². The second kappa shape index (κ2) is 9.05. The van der Waals surface area contributed by atoms with Gasteiger partial charge in [0, 0.05) is 17.2 Å². The molecule has 1 unspecified atom stereocenters. The molecule has 33 heavy (non-hydrogen) atoms. The van der Waals surface area contributed by atoms with Gasteiger partial charge in [-0.3, -0.25) is 9.89 Å². The van der Waals surface area contributed by atoms with Crippen LogP contribution in [0, 0.1) is 12.8 Å². The summed E-state index contributed by atoms with van der Waals surface area (Å²) in [5.41, 5.74) is 5.88. The van der Waals surface area contributed by atoms with Gasteiger partial charge in [0.2, 0.25) is 0 Å². The van der Waals surface area contributed by atoms with Crippen molar-refractivity contribution in [1.29, 1.82) is 0 Å². The summed E-state index contributed by atoms with van der Waals surface area (Å²) in [7, 11) is 0. The standard InChI is InChI=1S/C28H33N3O2/c1-18(2)16-17-33-23-14-12-21(13-15-23)27-24-25(20-10-8-19(3)9-11-20)29-30-26(24)28(32)31(27)22-6-4-5-7-22/h8-15,18,22,27H,4-7,16-17H2,1-3H3,(H,29,30). The largest absolute Gasteiger partial charge is 0.494 e. The second-order valence-corrected chi connectivity index (χ2v) is 9.88. The molecule has 172 valence electrons. The molecular formula is C28H33N3O2. The number of fused-ring (bicyclic) bond motifs is 1. The molecule has 5 heteroatoms. The number of amides is 1. The third-order valence-electron chi connectivity index (χ3n) is 7.01. The van der Waals surface area contributed by atoms with E-state index in [4.69, 9.17) is 4.74 Å². The van der Waals surface area contributed by atoms with Crippen LogP contribution in [0.5, 0.6) is 5.75 Å². The molecule has 1 aromatic heterocycles. The molecule has 2 heterocycles. The summed E-state index contributed by atoms with van der Waals surface area (Å²) in [4.78, 5) is 15.7. The van der Waals surface area contributed by atoms with Crippen LogP contribution in [0.25, 0.3) is 11.3 Å². The Morgan fingerprint density at radius 3 is 2.42 bits per heavy atom. The van der Waals surface area contributed by atoms with Crippen molar-refractivity contribution in [1.82, 2.24) is 15.1 Å². The van der Waals surface area contributed by atoms with E-state index in [0.29, 0.717) is 11.6 Å². The molecule has 1 atom stereocenters. The Kier molecular flexibility index (Phi) is 5.96. The highest BCUT2D eigenvalue weighted by Crippen LogP contribution is 2.46. The molecule has 2 aliphatic rings. The zero-order valence-corrected chi connectivity index (χ0v) is 19.8. The van der Waals surface area contributed by atoms with Crippen LogP contribution < -0.4 is 4.74 Å². The maximum absolute atomic E-state index is 13.6. The molecule has 1 N–H and O–H groups in total. The highest BCUT2D eigenvalue weighted by molar-refractivity contribution is 6.00. The lowest BCUT2D eigenvalue weighted by atomic mass is 9.95. The van der Waals surface area contributed by atoms with Crippen molar-refractivity contribution >= 4 is 5.91 Å². The summed E-state index contributed by atoms with van der Waals surface area (Å²) in [6.45, 7) is 7.21. The van der Waals surface area contributed by atoms with Crippen LogP contribution in [0.4, 0.5) is 0 Å². The number of nitrogens with zero attached hydrogens (tertiary/aromatic N) is 2. The van der Waals surface area contributed by atoms with E-state index in [2.05, 4.69) is 72.3 Å². The van der Waals surface area contributed by atoms with Gasteiger partial charge in [-0.15, -0.1) is 0 Å². The average Bonchev–Trinajstić information content (AvgIpc) is 3.53. The fourth-order valence-corrected chi connectivity index (χ4v) is 5.14. The molecule has 5 nitrogen and oxygen atoms in total. The molecule has 0 spiro atoms. The van der Waals surface area contributed by atoms with Crippen molar-refractivity contribution in [3.05, 3.63) is 70.9 Å². The van der Waals surface area contributed by atoms with Crippen molar-refractivity contribution in [2.75, 3.05) is 6.61 Å². The highest BCUT2D eigenvalue weighted by Gasteiger charge is 2.45. The van der Waals surface area contributed by atoms with E-state index < -0.39 is 0 Å². The summed E-state index contributed by atoms with van der Waals surface area (Å²) in [6, 6.07) is 16.8. The van der Waals surface area contributed by atoms with Gasteiger partial charge >= 0.3 is 0 Å². The van der Waals surface area contributed by atoms with Crippen LogP contribution in [0.15, 0.2) is 48.5 Å². The maximum Gasteiger partial charge on any atom is 0.273 e. The molecule has 1 fully saturated rings. The SMILES string of the molecule is Cc1ccc(-c2n[nH]c3c2C(c2ccc(OCCC(C)C)cc2)N(C2CCCC2)C3=O)cc1. The van der Waals surface area contributed by atoms with E-state index in [1.165, 1.54) is 18.4 Å². The van der Waals surface area contributed by atoms with Crippen LogP contribution >= 0.6 is 0 Å². The first kappa shape index (κ1) is 21.7. The Morgan fingerprint density at radius 1 is 1.06 bits per heavy atom. The topological polar surface area (TPSA) is 58.2 Å². The zero-order valence-electron chi connectivity index (χ0n) is 19.8. The lowest BCUT2D eigenvalue weighted by molar-refractivity contribution is 0.0660. The summed E-state index contributed by atoms with van der Waals surface area (Å²) >= 11 is 0. The number of H-pyrrole nitrogens is 1. The molecule has 5 rings (SSSR count). The number of rotatable bonds is 7. The molecule has 0 saturated heterocycles. The van der Waals surface area contributed by atoms with Gasteiger partial charge in [-0.2, -0.15) is 5.10 Å². The molecule has 2 aromatic carbocycles. The lowest BCUT2D eigenvalue weighted by Gasteiger charge is -2.32. The van der Waals surface area contributed by atoms with Gasteiger partial charge in [0.25, 0.3) is 5.91 Å². The smallest absolute Gasteiger partial charge is 0.273 e. The minimum absolute atomic E-state index is 0.0741. The fraction of sp³-hybridized carbons (Fsp3) is 0.429. The van der Waals surface area contributed by atoms with E-state index in [1.807, 2.05) is 12.1 Å². The van der Waals surface area contributed by atoms with Gasteiger partial charge in [-0.05, 0) is 49.8 Å². The average molecular weight is 444 g/mol. The fourth-order valence-electron chi connectivity index (χ4n) is 5.14. The quantitative estimate of drug-likeness (QED) is 0.466. The van der Waals surface area contributed by atoms with Crippen LogP contribution in [-0.2, 0) is 0 Å². The number of carbonyl (C=O) groups excluding carboxylic acids is 1. The number of aromatic nitrogens is 2. The molecule has 3 aromatic rings. The Morgan fingerprint density at radius 2 is 1.76 bits per heavy atom. The number of carbonyl (C=O) groups is 1. The Balaban J connectivity index is 1.52. The van der Waals surface area contributed by atoms with Crippen LogP contribution in [0.1, 0.15) is 79.2 Å². The predicted molar refractivity (Wildman–Crippen MR) is 130 cm³/mol. The zero-order chi connectivity index (χ0) is 22.9. The Labute approximate surface area is 196 Å². The van der Waals surface area contributed by atoms with E-state index in [9.17, 15) is 4.79 Å². The van der Waals surface area contributed by atoms with E-state index in [1.54, 1.807) is 0 Å². The van der Waals surface area contributed by atoms with Gasteiger partial charge in [-0.1, -0.05) is 68.7 Å². The maximum atomic E-state index is 13.6. The lowest BCUT2D eigenvalue weighted by Crippen LogP contribution is -2.37. The number of hydrogen-bond donors (Lipinski definition) is 1. The van der Waals surface area contributed by atoms with Crippen LogP contribution in [0.3, 0.4) is 0 Å². The van der Waals surface area contributed by atoms with Crippen molar-refractivity contribution in [3.63, 3.8) is 0 Å². The van der Waals surface area contributed by atoms with Gasteiger partial charge in [0.15, 0.2) is 0 Å². The first-order valence-electron chi connectivity index (χ1n) is 12.2. The molecule has 1 aliphatic carbocycles. The molecule has 1 aliphatic heterocycles. The highest BCUT2D eigenvalue weighted by atomic mass is 16.5. The Bertz CT molecular complexity index is 1110. The van der Waals surface area contributed by atoms with Gasteiger partial charge < -0.3 is 9.64 Å². The number of aryl methyl sites for hydroxylation is 1. The minimum atomic E-state index is -0.129. The van der Waals surface area contributed by atoms with E-state index in [-0.39, 0.29) is 18.0 Å². The van der Waals surface area contributed by atoms with Crippen LogP contribution in [0.2, 0.25) is 0 Å². The monoisotopic (exact) mass is 443 g/mol. The van der Waals surface area contributed by atoms with E-state index in [0.717, 1.165) is 54.0 Å². The predicted octanol–water partition coefficient (Wildman–Crippen LogP) is 6.30. The van der Waals surface area contributed by atoms with Gasteiger partial charge in [-0.25, -0.2) is 0 Å². The van der Waals surface area contributed by atoms with Crippen molar-refractivity contribution in [2.45, 2.75) is 65.0 Å². The van der Waals surface area contributed by atoms with Gasteiger partial charge in [0.1, 0.15) is 11.4 Å². The molecule has 1 saturated carbocycles. The van der Waals surface area contributed by atoms with Crippen molar-refractivity contribution in [3.8, 4) is 17.0 Å². The first-order valence-corrected chi connectivity index (χ1v) is 12.2. The summed E-state index contributed by atoms with van der Waals surface area (Å²) in [5, 5.41) is 7.69. The third kappa shape index (κ3) is 4.17. The summed E-state index contributed by atoms with van der Waals surface area (Å²) in [5.74, 6) is 1.57. The number of benzene rings is 2. The number of nitrogens with one attached hydrogen (secondary N) is 1. The number of hydrogen-bond acceptors (Lipinski definition) is 3.